The van der Waals surface area contributed by atoms with Crippen LogP contribution in [0.4, 0.5) is 0 Å². The third-order valence-electron chi connectivity index (χ3n) is 5.16. The summed E-state index contributed by atoms with van der Waals surface area (Å²) in [6.07, 6.45) is 7.84. The van der Waals surface area contributed by atoms with E-state index in [4.69, 9.17) is 0 Å². The highest BCUT2D eigenvalue weighted by Gasteiger charge is 2.35. The van der Waals surface area contributed by atoms with Gasteiger partial charge in [0, 0.05) is 43.9 Å². The smallest absolute Gasteiger partial charge is 0.191 e. The number of hydrogen-bond acceptors (Lipinski definition) is 2. The van der Waals surface area contributed by atoms with Gasteiger partial charge in [0.2, 0.25) is 0 Å². The summed E-state index contributed by atoms with van der Waals surface area (Å²) >= 11 is 0. The Hall–Kier alpha value is -1.63. The van der Waals surface area contributed by atoms with E-state index < -0.39 is 0 Å². The third-order valence-corrected chi connectivity index (χ3v) is 5.16. The molecule has 0 saturated heterocycles. The minimum atomic E-state index is 0. The second kappa shape index (κ2) is 10.5. The Balaban J connectivity index is 0.00000243. The van der Waals surface area contributed by atoms with E-state index in [1.165, 1.54) is 31.2 Å². The molecule has 2 aromatic rings. The van der Waals surface area contributed by atoms with Gasteiger partial charge in [-0.3, -0.25) is 9.98 Å². The molecule has 1 aliphatic carbocycles. The van der Waals surface area contributed by atoms with Crippen molar-refractivity contribution < 1.29 is 0 Å². The first-order valence-corrected chi connectivity index (χ1v) is 9.22. The molecule has 0 atom stereocenters. The average Bonchev–Trinajstić information content (AvgIpc) is 3.16. The Morgan fingerprint density at radius 2 is 1.77 bits per heavy atom. The fraction of sp³-hybridized carbons (Fsp3) is 0.429. The number of hydrogen-bond donors (Lipinski definition) is 2. The van der Waals surface area contributed by atoms with Crippen LogP contribution in [-0.4, -0.2) is 31.1 Å². The zero-order valence-electron chi connectivity index (χ0n) is 15.4. The first-order chi connectivity index (χ1) is 12.3. The normalized spacial score (nSPS) is 16.0. The lowest BCUT2D eigenvalue weighted by Gasteiger charge is -2.30. The Morgan fingerprint density at radius 1 is 1.04 bits per heavy atom. The van der Waals surface area contributed by atoms with Crippen molar-refractivity contribution in [1.29, 1.82) is 0 Å². The molecule has 1 fully saturated rings. The van der Waals surface area contributed by atoms with E-state index in [9.17, 15) is 0 Å². The van der Waals surface area contributed by atoms with Crippen LogP contribution in [0.2, 0.25) is 0 Å². The molecule has 2 N–H and O–H groups in total. The van der Waals surface area contributed by atoms with Gasteiger partial charge in [-0.15, -0.1) is 24.0 Å². The van der Waals surface area contributed by atoms with Gasteiger partial charge in [0.15, 0.2) is 5.96 Å². The van der Waals surface area contributed by atoms with Crippen molar-refractivity contribution in [1.82, 2.24) is 15.6 Å². The standard InChI is InChI=1S/C21H28N4.HI/c1-22-20(24-16-12-19-11-5-8-15-23-19)25-17-21(13-6-7-14-21)18-9-3-2-4-10-18;/h2-5,8-11,15H,6-7,12-14,16-17H2,1H3,(H2,22,24,25);1H. The van der Waals surface area contributed by atoms with Crippen LogP contribution in [0.25, 0.3) is 0 Å². The Kier molecular flexibility index (Phi) is 8.35. The summed E-state index contributed by atoms with van der Waals surface area (Å²) in [7, 11) is 1.83. The monoisotopic (exact) mass is 464 g/mol. The third kappa shape index (κ3) is 5.43. The molecule has 140 valence electrons. The number of pyridine rings is 1. The maximum Gasteiger partial charge on any atom is 0.191 e. The maximum atomic E-state index is 4.38. The van der Waals surface area contributed by atoms with Crippen LogP contribution in [0.1, 0.15) is 36.9 Å². The van der Waals surface area contributed by atoms with Crippen molar-refractivity contribution in [3.8, 4) is 0 Å². The molecule has 1 aliphatic rings. The number of nitrogens with one attached hydrogen (secondary N) is 2. The minimum Gasteiger partial charge on any atom is -0.356 e. The van der Waals surface area contributed by atoms with Crippen molar-refractivity contribution in [3.63, 3.8) is 0 Å². The van der Waals surface area contributed by atoms with Crippen molar-refractivity contribution in [2.75, 3.05) is 20.1 Å². The summed E-state index contributed by atoms with van der Waals surface area (Å²) in [6.45, 7) is 1.76. The molecule has 3 rings (SSSR count). The first-order valence-electron chi connectivity index (χ1n) is 9.22. The highest BCUT2D eigenvalue weighted by Crippen LogP contribution is 2.40. The van der Waals surface area contributed by atoms with E-state index in [1.807, 2.05) is 25.4 Å². The van der Waals surface area contributed by atoms with Gasteiger partial charge in [-0.05, 0) is 30.5 Å². The van der Waals surface area contributed by atoms with Crippen LogP contribution < -0.4 is 10.6 Å². The van der Waals surface area contributed by atoms with Gasteiger partial charge in [-0.2, -0.15) is 0 Å². The second-order valence-corrected chi connectivity index (χ2v) is 6.78. The molecule has 0 unspecified atom stereocenters. The van der Waals surface area contributed by atoms with Crippen LogP contribution in [0.15, 0.2) is 59.7 Å². The maximum absolute atomic E-state index is 4.38. The SMILES string of the molecule is CN=C(NCCc1ccccn1)NCC1(c2ccccc2)CCCC1.I. The van der Waals surface area contributed by atoms with E-state index in [0.29, 0.717) is 0 Å². The van der Waals surface area contributed by atoms with Gasteiger partial charge in [-0.25, -0.2) is 0 Å². The predicted octanol–water partition coefficient (Wildman–Crippen LogP) is 3.92. The molecule has 1 aromatic heterocycles. The van der Waals surface area contributed by atoms with E-state index in [-0.39, 0.29) is 29.4 Å². The number of benzene rings is 1. The van der Waals surface area contributed by atoms with Gasteiger partial charge in [0.25, 0.3) is 0 Å². The molecule has 0 aliphatic heterocycles. The summed E-state index contributed by atoms with van der Waals surface area (Å²) < 4.78 is 0. The largest absolute Gasteiger partial charge is 0.356 e. The summed E-state index contributed by atoms with van der Waals surface area (Å²) in [5.74, 6) is 0.873. The molecular formula is C21H29IN4. The van der Waals surface area contributed by atoms with Crippen molar-refractivity contribution in [2.45, 2.75) is 37.5 Å². The number of aliphatic imine (C=N–C) groups is 1. The van der Waals surface area contributed by atoms with E-state index in [1.54, 1.807) is 0 Å². The minimum absolute atomic E-state index is 0. The zero-order valence-corrected chi connectivity index (χ0v) is 17.8. The number of nitrogens with zero attached hydrogens (tertiary/aromatic N) is 2. The van der Waals surface area contributed by atoms with Crippen molar-refractivity contribution >= 4 is 29.9 Å². The lowest BCUT2D eigenvalue weighted by atomic mass is 9.79. The van der Waals surface area contributed by atoms with Crippen LogP contribution >= 0.6 is 24.0 Å². The Bertz CT molecular complexity index is 667. The molecule has 1 saturated carbocycles. The van der Waals surface area contributed by atoms with Crippen molar-refractivity contribution in [3.05, 3.63) is 66.0 Å². The highest BCUT2D eigenvalue weighted by molar-refractivity contribution is 14.0. The van der Waals surface area contributed by atoms with Crippen LogP contribution in [0.3, 0.4) is 0 Å². The topological polar surface area (TPSA) is 49.3 Å². The highest BCUT2D eigenvalue weighted by atomic mass is 127. The lowest BCUT2D eigenvalue weighted by Crippen LogP contribution is -2.45. The number of halogens is 1. The van der Waals surface area contributed by atoms with Crippen LogP contribution in [0.5, 0.6) is 0 Å². The molecule has 0 bridgehead atoms. The fourth-order valence-corrected chi connectivity index (χ4v) is 3.74. The molecule has 5 heteroatoms. The summed E-state index contributed by atoms with van der Waals surface area (Å²) in [5, 5.41) is 6.96. The molecule has 0 spiro atoms. The summed E-state index contributed by atoms with van der Waals surface area (Å²) in [6, 6.07) is 17.0. The molecular weight excluding hydrogens is 435 g/mol. The number of rotatable bonds is 6. The van der Waals surface area contributed by atoms with Crippen LogP contribution in [-0.2, 0) is 11.8 Å². The second-order valence-electron chi connectivity index (χ2n) is 6.78. The van der Waals surface area contributed by atoms with Crippen LogP contribution in [0, 0.1) is 0 Å². The zero-order chi connectivity index (χ0) is 17.4. The Morgan fingerprint density at radius 3 is 2.42 bits per heavy atom. The molecule has 1 heterocycles. The lowest BCUT2D eigenvalue weighted by molar-refractivity contribution is 0.432. The average molecular weight is 464 g/mol. The molecule has 4 nitrogen and oxygen atoms in total. The van der Waals surface area contributed by atoms with Gasteiger partial charge in [0.05, 0.1) is 0 Å². The van der Waals surface area contributed by atoms with Gasteiger partial charge in [-0.1, -0.05) is 49.2 Å². The predicted molar refractivity (Wildman–Crippen MR) is 119 cm³/mol. The van der Waals surface area contributed by atoms with Gasteiger partial charge < -0.3 is 10.6 Å². The quantitative estimate of drug-likeness (QED) is 0.387. The molecule has 0 amide bonds. The molecule has 1 aromatic carbocycles. The fourth-order valence-electron chi connectivity index (χ4n) is 3.74. The summed E-state index contributed by atoms with van der Waals surface area (Å²) in [4.78, 5) is 8.74. The van der Waals surface area contributed by atoms with E-state index >= 15 is 0 Å². The van der Waals surface area contributed by atoms with Crippen molar-refractivity contribution in [2.24, 2.45) is 4.99 Å². The van der Waals surface area contributed by atoms with E-state index in [0.717, 1.165) is 31.2 Å². The van der Waals surface area contributed by atoms with Gasteiger partial charge >= 0.3 is 0 Å². The molecule has 26 heavy (non-hydrogen) atoms. The number of aromatic nitrogens is 1. The van der Waals surface area contributed by atoms with Gasteiger partial charge in [0.1, 0.15) is 0 Å². The summed E-state index contributed by atoms with van der Waals surface area (Å²) in [5.41, 5.74) is 2.78. The first kappa shape index (κ1) is 20.7. The number of guanidine groups is 1. The van der Waals surface area contributed by atoms with E-state index in [2.05, 4.69) is 57.0 Å². The molecule has 0 radical (unpaired) electrons. The Labute approximate surface area is 173 Å².